The topological polar surface area (TPSA) is 78.3 Å². The fourth-order valence-electron chi connectivity index (χ4n) is 1.15. The molecule has 0 heterocycles. The smallest absolute Gasteiger partial charge is 0.404 e. The van der Waals surface area contributed by atoms with Crippen LogP contribution >= 0.6 is 0 Å². The zero-order valence-corrected chi connectivity index (χ0v) is 7.85. The Kier molecular flexibility index (Phi) is 3.94. The fourth-order valence-corrected chi connectivity index (χ4v) is 1.15. The summed E-state index contributed by atoms with van der Waals surface area (Å²) >= 11 is 0. The van der Waals surface area contributed by atoms with Crippen LogP contribution in [0.25, 0.3) is 0 Å². The van der Waals surface area contributed by atoms with Crippen LogP contribution in [-0.2, 0) is 4.74 Å². The number of nitrogens with two attached hydrogens (primary N) is 2. The number of hydrogen-bond donors (Lipinski definition) is 2. The first-order chi connectivity index (χ1) is 6.70. The number of rotatable bonds is 4. The van der Waals surface area contributed by atoms with Crippen molar-refractivity contribution in [3.05, 3.63) is 35.9 Å². The van der Waals surface area contributed by atoms with Crippen molar-refractivity contribution in [3.8, 4) is 0 Å². The maximum atomic E-state index is 10.3. The predicted molar refractivity (Wildman–Crippen MR) is 53.5 cm³/mol. The van der Waals surface area contributed by atoms with Crippen molar-refractivity contribution < 1.29 is 9.53 Å². The Labute approximate surface area is 82.8 Å². The van der Waals surface area contributed by atoms with Gasteiger partial charge in [0.05, 0.1) is 6.61 Å². The fraction of sp³-hybridized carbons (Fsp3) is 0.300. The summed E-state index contributed by atoms with van der Waals surface area (Å²) < 4.78 is 4.59. The van der Waals surface area contributed by atoms with Crippen LogP contribution in [0.4, 0.5) is 4.79 Å². The third-order valence-corrected chi connectivity index (χ3v) is 1.90. The molecule has 0 spiro atoms. The highest BCUT2D eigenvalue weighted by atomic mass is 16.5. The lowest BCUT2D eigenvalue weighted by Gasteiger charge is -2.10. The van der Waals surface area contributed by atoms with Crippen molar-refractivity contribution in [2.45, 2.75) is 12.5 Å². The third-order valence-electron chi connectivity index (χ3n) is 1.90. The minimum absolute atomic E-state index is 0.115. The minimum Gasteiger partial charge on any atom is -0.450 e. The van der Waals surface area contributed by atoms with Crippen LogP contribution in [-0.4, -0.2) is 12.7 Å². The zero-order chi connectivity index (χ0) is 10.4. The molecule has 4 heteroatoms. The zero-order valence-electron chi connectivity index (χ0n) is 7.85. The van der Waals surface area contributed by atoms with Gasteiger partial charge >= 0.3 is 6.09 Å². The average molecular weight is 194 g/mol. The molecule has 4 nitrogen and oxygen atoms in total. The van der Waals surface area contributed by atoms with E-state index in [0.717, 1.165) is 5.56 Å². The van der Waals surface area contributed by atoms with E-state index in [2.05, 4.69) is 4.74 Å². The number of benzene rings is 1. The molecule has 0 aliphatic heterocycles. The van der Waals surface area contributed by atoms with Gasteiger partial charge in [-0.3, -0.25) is 0 Å². The van der Waals surface area contributed by atoms with Crippen LogP contribution in [0.1, 0.15) is 18.0 Å². The molecule has 76 valence electrons. The molecule has 0 aliphatic rings. The van der Waals surface area contributed by atoms with Gasteiger partial charge < -0.3 is 16.2 Å². The summed E-state index contributed by atoms with van der Waals surface area (Å²) in [4.78, 5) is 10.3. The lowest BCUT2D eigenvalue weighted by molar-refractivity contribution is 0.153. The lowest BCUT2D eigenvalue weighted by Crippen LogP contribution is -2.18. The number of amides is 1. The highest BCUT2D eigenvalue weighted by Gasteiger charge is 2.05. The van der Waals surface area contributed by atoms with Crippen molar-refractivity contribution in [2.24, 2.45) is 11.5 Å². The number of ether oxygens (including phenoxy) is 1. The molecule has 0 radical (unpaired) electrons. The molecule has 0 saturated carbocycles. The second kappa shape index (κ2) is 5.24. The van der Waals surface area contributed by atoms with Gasteiger partial charge in [-0.25, -0.2) is 4.79 Å². The predicted octanol–water partition coefficient (Wildman–Crippen LogP) is 1.17. The normalized spacial score (nSPS) is 12.1. The number of primary amides is 1. The van der Waals surface area contributed by atoms with E-state index < -0.39 is 6.09 Å². The van der Waals surface area contributed by atoms with E-state index in [1.807, 2.05) is 30.3 Å². The Hall–Kier alpha value is -1.55. The van der Waals surface area contributed by atoms with Gasteiger partial charge in [0.1, 0.15) is 0 Å². The number of carbonyl (C=O) groups is 1. The van der Waals surface area contributed by atoms with Crippen LogP contribution in [0.5, 0.6) is 0 Å². The third kappa shape index (κ3) is 3.45. The Morgan fingerprint density at radius 1 is 1.36 bits per heavy atom. The molecule has 0 saturated heterocycles. The van der Waals surface area contributed by atoms with E-state index >= 15 is 0 Å². The first-order valence-corrected chi connectivity index (χ1v) is 4.43. The van der Waals surface area contributed by atoms with Crippen molar-refractivity contribution in [1.29, 1.82) is 0 Å². The Morgan fingerprint density at radius 3 is 2.57 bits per heavy atom. The lowest BCUT2D eigenvalue weighted by atomic mass is 10.1. The van der Waals surface area contributed by atoms with E-state index in [0.29, 0.717) is 6.42 Å². The molecular weight excluding hydrogens is 180 g/mol. The molecule has 0 aliphatic carbocycles. The van der Waals surface area contributed by atoms with E-state index in [9.17, 15) is 4.79 Å². The van der Waals surface area contributed by atoms with Gasteiger partial charge in [0.15, 0.2) is 0 Å². The minimum atomic E-state index is -0.759. The molecule has 1 aromatic carbocycles. The van der Waals surface area contributed by atoms with Crippen molar-refractivity contribution >= 4 is 6.09 Å². The monoisotopic (exact) mass is 194 g/mol. The summed E-state index contributed by atoms with van der Waals surface area (Å²) in [6, 6.07) is 9.53. The maximum Gasteiger partial charge on any atom is 0.404 e. The first-order valence-electron chi connectivity index (χ1n) is 4.43. The Bertz CT molecular complexity index is 287. The second-order valence-corrected chi connectivity index (χ2v) is 2.97. The molecule has 0 fully saturated rings. The van der Waals surface area contributed by atoms with E-state index in [1.165, 1.54) is 0 Å². The SMILES string of the molecule is NC(=O)OCCC(N)c1ccccc1. The van der Waals surface area contributed by atoms with Gasteiger partial charge in [0.2, 0.25) is 0 Å². The van der Waals surface area contributed by atoms with Gasteiger partial charge in [0.25, 0.3) is 0 Å². The Balaban J connectivity index is 2.36. The van der Waals surface area contributed by atoms with Crippen molar-refractivity contribution in [3.63, 3.8) is 0 Å². The van der Waals surface area contributed by atoms with Crippen LogP contribution in [0.3, 0.4) is 0 Å². The standard InChI is InChI=1S/C10H14N2O2/c11-9(6-7-14-10(12)13)8-4-2-1-3-5-8/h1-5,9H,6-7,11H2,(H2,12,13). The molecule has 4 N–H and O–H groups in total. The van der Waals surface area contributed by atoms with Crippen molar-refractivity contribution in [1.82, 2.24) is 0 Å². The van der Waals surface area contributed by atoms with Gasteiger partial charge in [-0.15, -0.1) is 0 Å². The molecule has 14 heavy (non-hydrogen) atoms. The Morgan fingerprint density at radius 2 is 2.00 bits per heavy atom. The van der Waals surface area contributed by atoms with Gasteiger partial charge in [-0.1, -0.05) is 30.3 Å². The molecule has 1 atom stereocenters. The van der Waals surface area contributed by atoms with Crippen molar-refractivity contribution in [2.75, 3.05) is 6.61 Å². The average Bonchev–Trinajstić information content (AvgIpc) is 2.18. The van der Waals surface area contributed by atoms with Gasteiger partial charge in [-0.05, 0) is 5.56 Å². The van der Waals surface area contributed by atoms with Gasteiger partial charge in [0, 0.05) is 12.5 Å². The summed E-state index contributed by atoms with van der Waals surface area (Å²) in [7, 11) is 0. The summed E-state index contributed by atoms with van der Waals surface area (Å²) in [5.41, 5.74) is 11.7. The molecule has 1 amide bonds. The quantitative estimate of drug-likeness (QED) is 0.755. The second-order valence-electron chi connectivity index (χ2n) is 2.97. The van der Waals surface area contributed by atoms with Crippen LogP contribution in [0.2, 0.25) is 0 Å². The summed E-state index contributed by atoms with van der Waals surface area (Å²) in [6.45, 7) is 0.255. The largest absolute Gasteiger partial charge is 0.450 e. The van der Waals surface area contributed by atoms with Gasteiger partial charge in [-0.2, -0.15) is 0 Å². The van der Waals surface area contributed by atoms with E-state index in [1.54, 1.807) is 0 Å². The van der Waals surface area contributed by atoms with Crippen LogP contribution in [0.15, 0.2) is 30.3 Å². The van der Waals surface area contributed by atoms with E-state index in [-0.39, 0.29) is 12.6 Å². The molecule has 1 unspecified atom stereocenters. The molecular formula is C10H14N2O2. The van der Waals surface area contributed by atoms with E-state index in [4.69, 9.17) is 11.5 Å². The summed E-state index contributed by atoms with van der Waals surface area (Å²) in [5, 5.41) is 0. The van der Waals surface area contributed by atoms with Crippen LogP contribution < -0.4 is 11.5 Å². The molecule has 0 bridgehead atoms. The maximum absolute atomic E-state index is 10.3. The molecule has 0 aromatic heterocycles. The highest BCUT2D eigenvalue weighted by molar-refractivity contribution is 5.64. The number of hydrogen-bond acceptors (Lipinski definition) is 3. The van der Waals surface area contributed by atoms with Crippen LogP contribution in [0, 0.1) is 0 Å². The highest BCUT2D eigenvalue weighted by Crippen LogP contribution is 2.12. The molecule has 1 aromatic rings. The number of carbonyl (C=O) groups excluding carboxylic acids is 1. The summed E-state index contributed by atoms with van der Waals surface area (Å²) in [5.74, 6) is 0. The first kappa shape index (κ1) is 10.5. The summed E-state index contributed by atoms with van der Waals surface area (Å²) in [6.07, 6.45) is -0.183. The molecule has 1 rings (SSSR count).